The number of hydrogen-bond acceptors (Lipinski definition) is 2. The Bertz CT molecular complexity index is 512. The molecule has 2 aromatic rings. The number of fused-ring (bicyclic) bond motifs is 1. The summed E-state index contributed by atoms with van der Waals surface area (Å²) < 4.78 is 38.2. The first-order chi connectivity index (χ1) is 8.09. The van der Waals surface area contributed by atoms with E-state index in [1.54, 1.807) is 6.92 Å². The van der Waals surface area contributed by atoms with Crippen LogP contribution in [0.3, 0.4) is 0 Å². The maximum Gasteiger partial charge on any atom is 0.266 e. The predicted octanol–water partition coefficient (Wildman–Crippen LogP) is 4.04. The number of halogens is 3. The summed E-state index contributed by atoms with van der Waals surface area (Å²) in [4.78, 5) is 7.57. The van der Waals surface area contributed by atoms with Crippen LogP contribution in [0, 0.1) is 12.7 Å². The van der Waals surface area contributed by atoms with E-state index < -0.39 is 17.8 Å². The monoisotopic (exact) mass is 242 g/mol. The van der Waals surface area contributed by atoms with Crippen molar-refractivity contribution in [2.24, 2.45) is 0 Å². The normalized spacial score (nSPS) is 10.3. The third kappa shape index (κ3) is 2.72. The standard InChI is InChI=1S/C10H7F3N2.C2H6/c1-5-7-2-6(11)3-8(10(12)13)9(7)15-4-14-5;1-2/h2-4,10H,1H3;1-2H3. The summed E-state index contributed by atoms with van der Waals surface area (Å²) in [5.74, 6) is -0.698. The van der Waals surface area contributed by atoms with Crippen LogP contribution in [0.15, 0.2) is 18.5 Å². The largest absolute Gasteiger partial charge is 0.266 e. The lowest BCUT2D eigenvalue weighted by Gasteiger charge is -2.06. The second-order valence-corrected chi connectivity index (χ2v) is 3.15. The summed E-state index contributed by atoms with van der Waals surface area (Å²) in [6, 6.07) is 1.97. The van der Waals surface area contributed by atoms with Gasteiger partial charge in [-0.15, -0.1) is 0 Å². The third-order valence-corrected chi connectivity index (χ3v) is 2.17. The van der Waals surface area contributed by atoms with Gasteiger partial charge in [0.25, 0.3) is 6.43 Å². The van der Waals surface area contributed by atoms with E-state index in [1.807, 2.05) is 13.8 Å². The smallest absolute Gasteiger partial charge is 0.241 e. The molecule has 0 aliphatic rings. The average Bonchev–Trinajstić information content (AvgIpc) is 2.32. The zero-order valence-corrected chi connectivity index (χ0v) is 9.84. The minimum atomic E-state index is -2.74. The average molecular weight is 242 g/mol. The molecule has 1 aromatic carbocycles. The van der Waals surface area contributed by atoms with Crippen molar-refractivity contribution in [1.29, 1.82) is 0 Å². The molecule has 2 rings (SSSR count). The first-order valence-corrected chi connectivity index (χ1v) is 5.28. The molecule has 0 radical (unpaired) electrons. The molecule has 0 saturated heterocycles. The molecule has 2 nitrogen and oxygen atoms in total. The van der Waals surface area contributed by atoms with E-state index in [2.05, 4.69) is 9.97 Å². The Morgan fingerprint density at radius 1 is 1.12 bits per heavy atom. The SMILES string of the molecule is CC.Cc1ncnc2c(C(F)F)cc(F)cc12. The maximum absolute atomic E-state index is 13.0. The molecule has 17 heavy (non-hydrogen) atoms. The highest BCUT2D eigenvalue weighted by Crippen LogP contribution is 2.28. The third-order valence-electron chi connectivity index (χ3n) is 2.17. The van der Waals surface area contributed by atoms with E-state index >= 15 is 0 Å². The molecule has 0 aliphatic heterocycles. The molecule has 0 saturated carbocycles. The molecular weight excluding hydrogens is 229 g/mol. The van der Waals surface area contributed by atoms with Crippen molar-refractivity contribution < 1.29 is 13.2 Å². The van der Waals surface area contributed by atoms with Crippen LogP contribution in [0.5, 0.6) is 0 Å². The molecule has 0 spiro atoms. The van der Waals surface area contributed by atoms with Gasteiger partial charge in [-0.05, 0) is 19.1 Å². The Labute approximate surface area is 97.5 Å². The second kappa shape index (κ2) is 5.61. The fourth-order valence-electron chi connectivity index (χ4n) is 1.45. The van der Waals surface area contributed by atoms with Crippen molar-refractivity contribution in [3.05, 3.63) is 35.5 Å². The van der Waals surface area contributed by atoms with Crippen LogP contribution in [-0.2, 0) is 0 Å². The second-order valence-electron chi connectivity index (χ2n) is 3.15. The number of hydrogen-bond donors (Lipinski definition) is 0. The zero-order valence-electron chi connectivity index (χ0n) is 9.84. The van der Waals surface area contributed by atoms with Gasteiger partial charge in [-0.1, -0.05) is 13.8 Å². The van der Waals surface area contributed by atoms with Gasteiger partial charge in [0.2, 0.25) is 0 Å². The van der Waals surface area contributed by atoms with E-state index in [0.717, 1.165) is 12.1 Å². The van der Waals surface area contributed by atoms with E-state index in [0.29, 0.717) is 11.1 Å². The molecule has 0 atom stereocenters. The Morgan fingerprint density at radius 3 is 2.35 bits per heavy atom. The number of aryl methyl sites for hydroxylation is 1. The molecule has 0 amide bonds. The van der Waals surface area contributed by atoms with Crippen LogP contribution < -0.4 is 0 Å². The van der Waals surface area contributed by atoms with Gasteiger partial charge in [-0.3, -0.25) is 0 Å². The molecule has 0 unspecified atom stereocenters. The Hall–Kier alpha value is -1.65. The van der Waals surface area contributed by atoms with Crippen LogP contribution in [0.1, 0.15) is 31.5 Å². The number of nitrogens with zero attached hydrogens (tertiary/aromatic N) is 2. The zero-order chi connectivity index (χ0) is 13.0. The van der Waals surface area contributed by atoms with Crippen LogP contribution in [0.25, 0.3) is 10.9 Å². The van der Waals surface area contributed by atoms with Crippen molar-refractivity contribution in [1.82, 2.24) is 9.97 Å². The lowest BCUT2D eigenvalue weighted by Crippen LogP contribution is -1.95. The minimum Gasteiger partial charge on any atom is -0.241 e. The molecule has 5 heteroatoms. The predicted molar refractivity (Wildman–Crippen MR) is 60.5 cm³/mol. The van der Waals surface area contributed by atoms with Gasteiger partial charge in [-0.2, -0.15) is 0 Å². The quantitative estimate of drug-likeness (QED) is 0.754. The van der Waals surface area contributed by atoms with Crippen molar-refractivity contribution in [2.75, 3.05) is 0 Å². The van der Waals surface area contributed by atoms with E-state index in [-0.39, 0.29) is 5.52 Å². The molecule has 92 valence electrons. The van der Waals surface area contributed by atoms with Gasteiger partial charge in [0, 0.05) is 16.6 Å². The summed E-state index contributed by atoms with van der Waals surface area (Å²) in [7, 11) is 0. The molecular formula is C12H13F3N2. The number of benzene rings is 1. The van der Waals surface area contributed by atoms with Gasteiger partial charge < -0.3 is 0 Å². The number of aromatic nitrogens is 2. The topological polar surface area (TPSA) is 25.8 Å². The first kappa shape index (κ1) is 13.4. The number of rotatable bonds is 1. The highest BCUT2D eigenvalue weighted by Gasteiger charge is 2.15. The molecule has 0 aliphatic carbocycles. The first-order valence-electron chi connectivity index (χ1n) is 5.28. The molecule has 0 bridgehead atoms. The lowest BCUT2D eigenvalue weighted by molar-refractivity contribution is 0.152. The summed E-state index contributed by atoms with van der Waals surface area (Å²) in [6.45, 7) is 5.62. The van der Waals surface area contributed by atoms with Crippen molar-refractivity contribution in [3.8, 4) is 0 Å². The number of alkyl halides is 2. The van der Waals surface area contributed by atoms with Gasteiger partial charge in [0.15, 0.2) is 0 Å². The van der Waals surface area contributed by atoms with Crippen LogP contribution in [0.2, 0.25) is 0 Å². The van der Waals surface area contributed by atoms with Crippen molar-refractivity contribution >= 4 is 10.9 Å². The van der Waals surface area contributed by atoms with Gasteiger partial charge >= 0.3 is 0 Å². The van der Waals surface area contributed by atoms with Crippen LogP contribution >= 0.6 is 0 Å². The molecule has 1 heterocycles. The summed E-state index contributed by atoms with van der Waals surface area (Å²) in [6.07, 6.45) is -1.54. The van der Waals surface area contributed by atoms with Crippen LogP contribution in [-0.4, -0.2) is 9.97 Å². The van der Waals surface area contributed by atoms with Gasteiger partial charge in [0.05, 0.1) is 5.52 Å². The Morgan fingerprint density at radius 2 is 1.76 bits per heavy atom. The van der Waals surface area contributed by atoms with Gasteiger partial charge in [-0.25, -0.2) is 23.1 Å². The summed E-state index contributed by atoms with van der Waals surface area (Å²) in [5, 5.41) is 0.327. The van der Waals surface area contributed by atoms with E-state index in [4.69, 9.17) is 0 Å². The summed E-state index contributed by atoms with van der Waals surface area (Å²) in [5.41, 5.74) is 0.204. The van der Waals surface area contributed by atoms with Crippen LogP contribution in [0.4, 0.5) is 13.2 Å². The van der Waals surface area contributed by atoms with E-state index in [1.165, 1.54) is 6.33 Å². The maximum atomic E-state index is 13.0. The fraction of sp³-hybridized carbons (Fsp3) is 0.333. The molecule has 0 N–H and O–H groups in total. The lowest BCUT2D eigenvalue weighted by atomic mass is 10.1. The molecule has 1 aromatic heterocycles. The van der Waals surface area contributed by atoms with Crippen molar-refractivity contribution in [3.63, 3.8) is 0 Å². The minimum absolute atomic E-state index is 0.110. The Balaban J connectivity index is 0.000000686. The van der Waals surface area contributed by atoms with Gasteiger partial charge in [0.1, 0.15) is 12.1 Å². The van der Waals surface area contributed by atoms with E-state index in [9.17, 15) is 13.2 Å². The van der Waals surface area contributed by atoms with Crippen molar-refractivity contribution in [2.45, 2.75) is 27.2 Å². The summed E-state index contributed by atoms with van der Waals surface area (Å²) >= 11 is 0. The molecule has 0 fully saturated rings. The highest BCUT2D eigenvalue weighted by molar-refractivity contribution is 5.83. The Kier molecular flexibility index (Phi) is 4.43. The highest BCUT2D eigenvalue weighted by atomic mass is 19.3. The fourth-order valence-corrected chi connectivity index (χ4v) is 1.45.